The average Bonchev–Trinajstić information content (AvgIpc) is 3.15. The lowest BCUT2D eigenvalue weighted by molar-refractivity contribution is -0.384. The normalized spacial score (nSPS) is 14.1. The monoisotopic (exact) mass is 423 g/mol. The van der Waals surface area contributed by atoms with Gasteiger partial charge in [-0.2, -0.15) is 5.10 Å². The Bertz CT molecular complexity index is 1260. The van der Waals surface area contributed by atoms with Crippen molar-refractivity contribution in [2.45, 2.75) is 6.92 Å². The molecule has 30 heavy (non-hydrogen) atoms. The van der Waals surface area contributed by atoms with Gasteiger partial charge in [-0.15, -0.1) is 11.3 Å². The van der Waals surface area contributed by atoms with Crippen LogP contribution in [0.25, 0.3) is 11.3 Å². The van der Waals surface area contributed by atoms with E-state index >= 15 is 0 Å². The Morgan fingerprint density at radius 2 is 2.13 bits per heavy atom. The second-order valence-electron chi connectivity index (χ2n) is 6.48. The zero-order valence-corrected chi connectivity index (χ0v) is 17.0. The van der Waals surface area contributed by atoms with Crippen molar-refractivity contribution in [1.82, 2.24) is 4.68 Å². The van der Waals surface area contributed by atoms with Crippen LogP contribution in [0.1, 0.15) is 12.5 Å². The standard InChI is InChI=1S/C20H17N5O4S/c1-12(13-4-3-5-15(8-13)25(27)28)23-24-17(11-30-20(24)21-2)14-6-7-18-16(9-14)22-19(26)10-29-18/h3-9,11H,10H2,1-2H3,(H,22,26). The lowest BCUT2D eigenvalue weighted by atomic mass is 10.1. The van der Waals surface area contributed by atoms with Crippen LogP contribution >= 0.6 is 11.3 Å². The Hall–Kier alpha value is -3.79. The SMILES string of the molecule is CN=c1scc(-c2ccc3c(c2)NC(=O)CO3)n1N=C(C)c1cccc([N+](=O)[O-])c1. The Labute approximate surface area is 175 Å². The van der Waals surface area contributed by atoms with Gasteiger partial charge in [0.1, 0.15) is 5.75 Å². The molecule has 9 nitrogen and oxygen atoms in total. The maximum atomic E-state index is 11.6. The first-order valence-corrected chi connectivity index (χ1v) is 9.85. The maximum Gasteiger partial charge on any atom is 0.270 e. The van der Waals surface area contributed by atoms with Crippen molar-refractivity contribution in [2.75, 3.05) is 19.0 Å². The number of amides is 1. The molecule has 4 rings (SSSR count). The number of carbonyl (C=O) groups is 1. The number of hydrogen-bond acceptors (Lipinski definition) is 7. The Morgan fingerprint density at radius 1 is 1.30 bits per heavy atom. The molecule has 0 radical (unpaired) electrons. The molecule has 0 atom stereocenters. The van der Waals surface area contributed by atoms with Crippen LogP contribution in [0.5, 0.6) is 5.75 Å². The zero-order valence-electron chi connectivity index (χ0n) is 16.2. The second kappa shape index (κ2) is 7.91. The summed E-state index contributed by atoms with van der Waals surface area (Å²) < 4.78 is 7.11. The summed E-state index contributed by atoms with van der Waals surface area (Å²) in [5.41, 5.74) is 3.43. The van der Waals surface area contributed by atoms with Crippen molar-refractivity contribution in [2.24, 2.45) is 10.1 Å². The molecule has 1 aromatic heterocycles. The van der Waals surface area contributed by atoms with Gasteiger partial charge in [0.15, 0.2) is 6.61 Å². The minimum absolute atomic E-state index is 0.00317. The van der Waals surface area contributed by atoms with Crippen molar-refractivity contribution in [3.05, 3.63) is 68.3 Å². The van der Waals surface area contributed by atoms with Gasteiger partial charge in [0, 0.05) is 35.7 Å². The molecule has 0 spiro atoms. The molecule has 10 heteroatoms. The van der Waals surface area contributed by atoms with Crippen LogP contribution in [0, 0.1) is 10.1 Å². The first kappa shape index (κ1) is 19.5. The van der Waals surface area contributed by atoms with Gasteiger partial charge in [-0.25, -0.2) is 4.68 Å². The minimum atomic E-state index is -0.434. The average molecular weight is 423 g/mol. The molecule has 1 N–H and O–H groups in total. The lowest BCUT2D eigenvalue weighted by Crippen LogP contribution is -2.25. The van der Waals surface area contributed by atoms with Gasteiger partial charge in [0.2, 0.25) is 4.80 Å². The molecule has 152 valence electrons. The summed E-state index contributed by atoms with van der Waals surface area (Å²) in [7, 11) is 1.67. The number of benzene rings is 2. The van der Waals surface area contributed by atoms with E-state index < -0.39 is 4.92 Å². The number of nitrogens with zero attached hydrogens (tertiary/aromatic N) is 4. The number of nitro benzene ring substituents is 1. The first-order valence-electron chi connectivity index (χ1n) is 8.97. The van der Waals surface area contributed by atoms with E-state index in [-0.39, 0.29) is 18.2 Å². The molecule has 0 bridgehead atoms. The number of nitrogens with one attached hydrogen (secondary N) is 1. The van der Waals surface area contributed by atoms with Crippen LogP contribution in [0.4, 0.5) is 11.4 Å². The maximum absolute atomic E-state index is 11.6. The zero-order chi connectivity index (χ0) is 21.3. The summed E-state index contributed by atoms with van der Waals surface area (Å²) in [6.07, 6.45) is 0. The van der Waals surface area contributed by atoms with Gasteiger partial charge < -0.3 is 10.1 Å². The number of anilines is 1. The fraction of sp³-hybridized carbons (Fsp3) is 0.150. The molecule has 0 fully saturated rings. The summed E-state index contributed by atoms with van der Waals surface area (Å²) in [6.45, 7) is 1.78. The highest BCUT2D eigenvalue weighted by Crippen LogP contribution is 2.33. The summed E-state index contributed by atoms with van der Waals surface area (Å²) in [6, 6.07) is 11.8. The number of ether oxygens (including phenoxy) is 1. The quantitative estimate of drug-likeness (QED) is 0.394. The van der Waals surface area contributed by atoms with Gasteiger partial charge in [-0.3, -0.25) is 19.9 Å². The molecule has 1 aliphatic heterocycles. The van der Waals surface area contributed by atoms with Crippen molar-refractivity contribution in [1.29, 1.82) is 0 Å². The predicted octanol–water partition coefficient (Wildman–Crippen LogP) is 3.26. The van der Waals surface area contributed by atoms with Crippen LogP contribution in [-0.4, -0.2) is 34.9 Å². The van der Waals surface area contributed by atoms with Crippen molar-refractivity contribution < 1.29 is 14.5 Å². The fourth-order valence-electron chi connectivity index (χ4n) is 3.04. The number of nitro groups is 1. The van der Waals surface area contributed by atoms with Crippen LogP contribution in [0.3, 0.4) is 0 Å². The van der Waals surface area contributed by atoms with E-state index in [0.29, 0.717) is 27.5 Å². The van der Waals surface area contributed by atoms with E-state index in [1.165, 1.54) is 23.5 Å². The third-order valence-corrected chi connectivity index (χ3v) is 5.42. The molecule has 1 aliphatic rings. The smallest absolute Gasteiger partial charge is 0.270 e. The number of non-ortho nitro benzene ring substituents is 1. The highest BCUT2D eigenvalue weighted by atomic mass is 32.1. The van der Waals surface area contributed by atoms with Gasteiger partial charge in [0.25, 0.3) is 11.6 Å². The van der Waals surface area contributed by atoms with Crippen LogP contribution in [-0.2, 0) is 4.79 Å². The molecule has 3 aromatic rings. The van der Waals surface area contributed by atoms with Crippen LogP contribution in [0.2, 0.25) is 0 Å². The van der Waals surface area contributed by atoms with Crippen LogP contribution < -0.4 is 14.9 Å². The Balaban J connectivity index is 1.79. The third-order valence-electron chi connectivity index (χ3n) is 4.51. The van der Waals surface area contributed by atoms with E-state index in [4.69, 9.17) is 4.74 Å². The number of thiazole rings is 1. The largest absolute Gasteiger partial charge is 0.482 e. The van der Waals surface area contributed by atoms with E-state index in [0.717, 1.165) is 11.3 Å². The summed E-state index contributed by atoms with van der Waals surface area (Å²) in [5.74, 6) is 0.401. The van der Waals surface area contributed by atoms with E-state index in [2.05, 4.69) is 15.4 Å². The Kier molecular flexibility index (Phi) is 5.15. The van der Waals surface area contributed by atoms with Crippen molar-refractivity contribution in [3.8, 4) is 17.0 Å². The van der Waals surface area contributed by atoms with Crippen molar-refractivity contribution in [3.63, 3.8) is 0 Å². The second-order valence-corrected chi connectivity index (χ2v) is 7.32. The molecule has 2 aromatic carbocycles. The molecule has 2 heterocycles. The summed E-state index contributed by atoms with van der Waals surface area (Å²) in [4.78, 5) is 27.2. The molecule has 0 saturated heterocycles. The molecule has 0 saturated carbocycles. The predicted molar refractivity (Wildman–Crippen MR) is 114 cm³/mol. The summed E-state index contributed by atoms with van der Waals surface area (Å²) in [5, 5.41) is 20.5. The minimum Gasteiger partial charge on any atom is -0.482 e. The summed E-state index contributed by atoms with van der Waals surface area (Å²) >= 11 is 1.42. The Morgan fingerprint density at radius 3 is 2.90 bits per heavy atom. The van der Waals surface area contributed by atoms with Gasteiger partial charge >= 0.3 is 0 Å². The van der Waals surface area contributed by atoms with E-state index in [1.807, 2.05) is 17.5 Å². The topological polar surface area (TPSA) is 111 Å². The fourth-order valence-corrected chi connectivity index (χ4v) is 3.84. The van der Waals surface area contributed by atoms with E-state index in [1.54, 1.807) is 36.8 Å². The van der Waals surface area contributed by atoms with Gasteiger partial charge in [-0.05, 0) is 25.1 Å². The van der Waals surface area contributed by atoms with Crippen molar-refractivity contribution >= 4 is 34.3 Å². The van der Waals surface area contributed by atoms with Crippen LogP contribution in [0.15, 0.2) is 57.9 Å². The number of hydrogen-bond donors (Lipinski definition) is 1. The number of rotatable bonds is 4. The lowest BCUT2D eigenvalue weighted by Gasteiger charge is -2.18. The highest BCUT2D eigenvalue weighted by Gasteiger charge is 2.18. The third kappa shape index (κ3) is 3.72. The molecule has 0 aliphatic carbocycles. The number of aromatic nitrogens is 1. The van der Waals surface area contributed by atoms with E-state index in [9.17, 15) is 14.9 Å². The molecule has 0 unspecified atom stereocenters. The highest BCUT2D eigenvalue weighted by molar-refractivity contribution is 7.07. The number of carbonyl (C=O) groups excluding carboxylic acids is 1. The first-order chi connectivity index (χ1) is 14.5. The number of fused-ring (bicyclic) bond motifs is 1. The molecular weight excluding hydrogens is 406 g/mol. The molecule has 1 amide bonds. The van der Waals surface area contributed by atoms with Gasteiger partial charge in [0.05, 0.1) is 22.0 Å². The molecular formula is C20H17N5O4S. The van der Waals surface area contributed by atoms with Gasteiger partial charge in [-0.1, -0.05) is 12.1 Å².